The van der Waals surface area contributed by atoms with Crippen molar-refractivity contribution in [3.8, 4) is 6.07 Å². The molecule has 2 amide bonds. The Morgan fingerprint density at radius 3 is 2.50 bits per heavy atom. The van der Waals surface area contributed by atoms with Gasteiger partial charge < -0.3 is 15.4 Å². The minimum absolute atomic E-state index is 0.203. The Labute approximate surface area is 108 Å². The molecule has 18 heavy (non-hydrogen) atoms. The van der Waals surface area contributed by atoms with E-state index in [4.69, 9.17) is 4.74 Å². The molecule has 0 radical (unpaired) electrons. The number of amides is 2. The summed E-state index contributed by atoms with van der Waals surface area (Å²) in [5, 5.41) is 15.1. The maximum absolute atomic E-state index is 11.9. The van der Waals surface area contributed by atoms with Crippen LogP contribution in [-0.4, -0.2) is 30.8 Å². The maximum Gasteiger partial charge on any atom is 0.316 e. The number of rotatable bonds is 2. The molecule has 100 valence electrons. The van der Waals surface area contributed by atoms with Crippen molar-refractivity contribution in [1.82, 2.24) is 10.6 Å². The van der Waals surface area contributed by atoms with Crippen LogP contribution in [0.3, 0.4) is 0 Å². The quantitative estimate of drug-likeness (QED) is 0.784. The summed E-state index contributed by atoms with van der Waals surface area (Å²) in [7, 11) is 0. The molecule has 1 saturated carbocycles. The van der Waals surface area contributed by atoms with Gasteiger partial charge in [0.25, 0.3) is 0 Å². The van der Waals surface area contributed by atoms with Crippen molar-refractivity contribution in [3.63, 3.8) is 0 Å². The summed E-state index contributed by atoms with van der Waals surface area (Å²) in [5.74, 6) is 0. The molecular formula is C13H21N3O2. The Morgan fingerprint density at radius 1 is 1.22 bits per heavy atom. The second-order valence-electron chi connectivity index (χ2n) is 5.24. The van der Waals surface area contributed by atoms with Gasteiger partial charge in [0.2, 0.25) is 0 Å². The topological polar surface area (TPSA) is 74.2 Å². The molecule has 1 aliphatic carbocycles. The first-order valence-corrected chi connectivity index (χ1v) is 6.82. The van der Waals surface area contributed by atoms with Gasteiger partial charge in [-0.15, -0.1) is 0 Å². The molecule has 0 unspecified atom stereocenters. The number of carbonyl (C=O) groups is 1. The van der Waals surface area contributed by atoms with Gasteiger partial charge in [0.15, 0.2) is 0 Å². The average molecular weight is 251 g/mol. The van der Waals surface area contributed by atoms with E-state index in [9.17, 15) is 10.1 Å². The third-order valence-corrected chi connectivity index (χ3v) is 3.85. The van der Waals surface area contributed by atoms with E-state index >= 15 is 0 Å². The minimum atomic E-state index is -0.739. The number of nitrogens with zero attached hydrogens (tertiary/aromatic N) is 1. The summed E-state index contributed by atoms with van der Waals surface area (Å²) >= 11 is 0. The van der Waals surface area contributed by atoms with Crippen LogP contribution >= 0.6 is 0 Å². The van der Waals surface area contributed by atoms with Crippen LogP contribution in [0.25, 0.3) is 0 Å². The zero-order valence-corrected chi connectivity index (χ0v) is 10.7. The summed E-state index contributed by atoms with van der Waals surface area (Å²) in [6, 6.07) is 2.30. The van der Waals surface area contributed by atoms with Crippen LogP contribution < -0.4 is 10.6 Å². The Morgan fingerprint density at radius 2 is 1.89 bits per heavy atom. The number of hydrogen-bond donors (Lipinski definition) is 2. The number of nitriles is 1. The van der Waals surface area contributed by atoms with Crippen LogP contribution in [0.1, 0.15) is 44.9 Å². The lowest BCUT2D eigenvalue weighted by Crippen LogP contribution is -2.55. The minimum Gasteiger partial charge on any atom is -0.381 e. The van der Waals surface area contributed by atoms with E-state index in [2.05, 4.69) is 16.7 Å². The third-order valence-electron chi connectivity index (χ3n) is 3.85. The molecule has 0 aromatic heterocycles. The molecule has 2 aliphatic rings. The smallest absolute Gasteiger partial charge is 0.316 e. The number of nitrogens with one attached hydrogen (secondary N) is 2. The molecule has 1 heterocycles. The van der Waals surface area contributed by atoms with Gasteiger partial charge in [0.1, 0.15) is 5.54 Å². The van der Waals surface area contributed by atoms with E-state index in [1.165, 1.54) is 19.3 Å². The average Bonchev–Trinajstić information content (AvgIpc) is 2.41. The van der Waals surface area contributed by atoms with Crippen molar-refractivity contribution in [1.29, 1.82) is 5.26 Å². The molecule has 2 rings (SSSR count). The number of ether oxygens (including phenoxy) is 1. The molecule has 0 atom stereocenters. The van der Waals surface area contributed by atoms with Crippen LogP contribution in [0.4, 0.5) is 4.79 Å². The first-order chi connectivity index (χ1) is 8.74. The second kappa shape index (κ2) is 6.05. The predicted octanol–water partition coefficient (Wildman–Crippen LogP) is 1.69. The van der Waals surface area contributed by atoms with Crippen LogP contribution in [0.5, 0.6) is 0 Å². The Kier molecular flexibility index (Phi) is 4.43. The molecule has 2 N–H and O–H groups in total. The second-order valence-corrected chi connectivity index (χ2v) is 5.24. The van der Waals surface area contributed by atoms with Crippen molar-refractivity contribution >= 4 is 6.03 Å². The summed E-state index contributed by atoms with van der Waals surface area (Å²) in [4.78, 5) is 11.9. The van der Waals surface area contributed by atoms with Gasteiger partial charge in [-0.25, -0.2) is 4.79 Å². The molecule has 1 aliphatic heterocycles. The summed E-state index contributed by atoms with van der Waals surface area (Å²) in [6.45, 7) is 1.08. The molecule has 5 heteroatoms. The number of hydrogen-bond acceptors (Lipinski definition) is 3. The highest BCUT2D eigenvalue weighted by Crippen LogP contribution is 2.20. The fourth-order valence-electron chi connectivity index (χ4n) is 2.67. The van der Waals surface area contributed by atoms with E-state index in [0.29, 0.717) is 26.1 Å². The van der Waals surface area contributed by atoms with E-state index in [-0.39, 0.29) is 12.1 Å². The van der Waals surface area contributed by atoms with Crippen molar-refractivity contribution in [2.75, 3.05) is 13.2 Å². The van der Waals surface area contributed by atoms with Crippen molar-refractivity contribution in [3.05, 3.63) is 0 Å². The van der Waals surface area contributed by atoms with E-state index in [1.54, 1.807) is 0 Å². The van der Waals surface area contributed by atoms with Crippen LogP contribution in [0.15, 0.2) is 0 Å². The summed E-state index contributed by atoms with van der Waals surface area (Å²) < 4.78 is 5.24. The van der Waals surface area contributed by atoms with Crippen molar-refractivity contribution in [2.24, 2.45) is 0 Å². The normalized spacial score (nSPS) is 23.9. The highest BCUT2D eigenvalue weighted by molar-refractivity contribution is 5.75. The fourth-order valence-corrected chi connectivity index (χ4v) is 2.67. The third kappa shape index (κ3) is 3.36. The molecule has 0 bridgehead atoms. The van der Waals surface area contributed by atoms with E-state index in [0.717, 1.165) is 12.8 Å². The Balaban J connectivity index is 1.83. The van der Waals surface area contributed by atoms with Gasteiger partial charge in [0, 0.05) is 32.1 Å². The van der Waals surface area contributed by atoms with E-state index in [1.807, 2.05) is 0 Å². The van der Waals surface area contributed by atoms with Gasteiger partial charge in [-0.3, -0.25) is 0 Å². The lowest BCUT2D eigenvalue weighted by molar-refractivity contribution is 0.0609. The molecule has 2 fully saturated rings. The van der Waals surface area contributed by atoms with Crippen LogP contribution in [0, 0.1) is 11.3 Å². The monoisotopic (exact) mass is 251 g/mol. The number of carbonyl (C=O) groups excluding carboxylic acids is 1. The zero-order valence-electron chi connectivity index (χ0n) is 10.7. The number of urea groups is 1. The predicted molar refractivity (Wildman–Crippen MR) is 66.9 cm³/mol. The maximum atomic E-state index is 11.9. The summed E-state index contributed by atoms with van der Waals surface area (Å²) in [6.07, 6.45) is 6.87. The van der Waals surface area contributed by atoms with Gasteiger partial charge in [0.05, 0.1) is 6.07 Å². The van der Waals surface area contributed by atoms with Gasteiger partial charge >= 0.3 is 6.03 Å². The largest absolute Gasteiger partial charge is 0.381 e. The highest BCUT2D eigenvalue weighted by atomic mass is 16.5. The molecule has 0 aromatic carbocycles. The fraction of sp³-hybridized carbons (Fsp3) is 0.846. The molecule has 1 saturated heterocycles. The SMILES string of the molecule is N#CC1(NC(=O)NC2CCCCC2)CCOCC1. The molecule has 0 aromatic rings. The lowest BCUT2D eigenvalue weighted by Gasteiger charge is -2.32. The van der Waals surface area contributed by atoms with Crippen molar-refractivity contribution < 1.29 is 9.53 Å². The molecular weight excluding hydrogens is 230 g/mol. The van der Waals surface area contributed by atoms with Gasteiger partial charge in [-0.2, -0.15) is 5.26 Å². The van der Waals surface area contributed by atoms with Gasteiger partial charge in [-0.1, -0.05) is 19.3 Å². The lowest BCUT2D eigenvalue weighted by atomic mass is 9.92. The Hall–Kier alpha value is -1.28. The van der Waals surface area contributed by atoms with Crippen molar-refractivity contribution in [2.45, 2.75) is 56.5 Å². The van der Waals surface area contributed by atoms with Crippen LogP contribution in [0.2, 0.25) is 0 Å². The Bertz CT molecular complexity index is 326. The molecule has 0 spiro atoms. The molecule has 5 nitrogen and oxygen atoms in total. The highest BCUT2D eigenvalue weighted by Gasteiger charge is 2.34. The van der Waals surface area contributed by atoms with Gasteiger partial charge in [-0.05, 0) is 12.8 Å². The summed E-state index contributed by atoms with van der Waals surface area (Å²) in [5.41, 5.74) is -0.739. The standard InChI is InChI=1S/C13H21N3O2/c14-10-13(6-8-18-9-7-13)16-12(17)15-11-4-2-1-3-5-11/h11H,1-9H2,(H2,15,16,17). The van der Waals surface area contributed by atoms with E-state index < -0.39 is 5.54 Å². The zero-order chi connectivity index (χ0) is 12.8. The first kappa shape index (κ1) is 13.2. The first-order valence-electron chi connectivity index (χ1n) is 6.82. The van der Waals surface area contributed by atoms with Crippen LogP contribution in [-0.2, 0) is 4.74 Å².